The van der Waals surface area contributed by atoms with Crippen molar-refractivity contribution in [3.63, 3.8) is 0 Å². The van der Waals surface area contributed by atoms with Crippen molar-refractivity contribution in [2.75, 3.05) is 40.9 Å². The number of nitrogens with one attached hydrogen (secondary N) is 1. The van der Waals surface area contributed by atoms with Crippen molar-refractivity contribution in [2.45, 2.75) is 38.3 Å². The van der Waals surface area contributed by atoms with Crippen LogP contribution in [0.4, 0.5) is 5.69 Å². The van der Waals surface area contributed by atoms with Gasteiger partial charge < -0.3 is 33.9 Å². The lowest BCUT2D eigenvalue weighted by atomic mass is 10.1. The average Bonchev–Trinajstić information content (AvgIpc) is 3.35. The van der Waals surface area contributed by atoms with E-state index in [4.69, 9.17) is 35.9 Å². The van der Waals surface area contributed by atoms with E-state index in [-0.39, 0.29) is 0 Å². The molecule has 2 aromatic carbocycles. The third-order valence-electron chi connectivity index (χ3n) is 5.76. The molecule has 2 aromatic rings. The molecule has 0 atom stereocenters. The first kappa shape index (κ1) is 23.8. The summed E-state index contributed by atoms with van der Waals surface area (Å²) in [5, 5.41) is 4.02. The Bertz CT molecular complexity index is 909. The fourth-order valence-electron chi connectivity index (χ4n) is 4.13. The first-order valence-corrected chi connectivity index (χ1v) is 11.0. The maximum atomic E-state index is 5.88. The maximum Gasteiger partial charge on any atom is 0.203 e. The molecule has 0 radical (unpaired) electrons. The highest BCUT2D eigenvalue weighted by atomic mass is 32.1. The quantitative estimate of drug-likeness (QED) is 0.532. The molecule has 0 aromatic heterocycles. The Kier molecular flexibility index (Phi) is 8.27. The summed E-state index contributed by atoms with van der Waals surface area (Å²) in [7, 11) is 8.13. The van der Waals surface area contributed by atoms with Crippen LogP contribution in [0.3, 0.4) is 0 Å². The van der Waals surface area contributed by atoms with Crippen LogP contribution in [0, 0.1) is 0 Å². The lowest BCUT2D eigenvalue weighted by Crippen LogP contribution is -2.41. The molecule has 32 heavy (non-hydrogen) atoms. The monoisotopic (exact) mass is 460 g/mol. The summed E-state index contributed by atoms with van der Waals surface area (Å²) in [5.74, 6) is 3.26. The molecule has 1 aliphatic rings. The molecular formula is C24H32N2O5S. The Balaban J connectivity index is 1.90. The van der Waals surface area contributed by atoms with Gasteiger partial charge in [0.1, 0.15) is 11.5 Å². The van der Waals surface area contributed by atoms with Crippen LogP contribution in [-0.4, -0.2) is 51.6 Å². The van der Waals surface area contributed by atoms with Crippen molar-refractivity contribution in [3.8, 4) is 28.7 Å². The molecule has 174 valence electrons. The second-order valence-corrected chi connectivity index (χ2v) is 7.98. The average molecular weight is 461 g/mol. The number of methoxy groups -OCH3 is 5. The van der Waals surface area contributed by atoms with Gasteiger partial charge in [0.15, 0.2) is 16.6 Å². The van der Waals surface area contributed by atoms with Gasteiger partial charge >= 0.3 is 0 Å². The number of nitrogens with zero attached hydrogens (tertiary/aromatic N) is 1. The SMILES string of the molecule is COc1cc(NC(=S)N(Cc2ccc(OC)c(OC)c2OC)C2CCCC2)cc(OC)c1. The summed E-state index contributed by atoms with van der Waals surface area (Å²) in [6.07, 6.45) is 4.58. The smallest absolute Gasteiger partial charge is 0.203 e. The highest BCUT2D eigenvalue weighted by molar-refractivity contribution is 7.80. The Morgan fingerprint density at radius 2 is 1.50 bits per heavy atom. The van der Waals surface area contributed by atoms with Crippen molar-refractivity contribution < 1.29 is 23.7 Å². The lowest BCUT2D eigenvalue weighted by Gasteiger charge is -2.32. The molecule has 1 aliphatic carbocycles. The Labute approximate surface area is 195 Å². The van der Waals surface area contributed by atoms with Gasteiger partial charge in [-0.05, 0) is 37.2 Å². The summed E-state index contributed by atoms with van der Waals surface area (Å²) in [6, 6.07) is 9.88. The second-order valence-electron chi connectivity index (χ2n) is 7.59. The number of thiocarbonyl (C=S) groups is 1. The van der Waals surface area contributed by atoms with E-state index in [1.807, 2.05) is 30.3 Å². The van der Waals surface area contributed by atoms with E-state index in [0.717, 1.165) is 24.1 Å². The van der Waals surface area contributed by atoms with Crippen molar-refractivity contribution >= 4 is 23.0 Å². The molecule has 0 saturated heterocycles. The van der Waals surface area contributed by atoms with Crippen LogP contribution in [0.1, 0.15) is 31.2 Å². The molecule has 3 rings (SSSR count). The Morgan fingerprint density at radius 3 is 2.03 bits per heavy atom. The fraction of sp³-hybridized carbons (Fsp3) is 0.458. The molecule has 1 fully saturated rings. The van der Waals surface area contributed by atoms with E-state index >= 15 is 0 Å². The van der Waals surface area contributed by atoms with Gasteiger partial charge in [0.25, 0.3) is 0 Å². The normalized spacial score (nSPS) is 13.4. The van der Waals surface area contributed by atoms with E-state index in [9.17, 15) is 0 Å². The van der Waals surface area contributed by atoms with Gasteiger partial charge in [-0.1, -0.05) is 12.8 Å². The Morgan fingerprint density at radius 1 is 0.875 bits per heavy atom. The van der Waals surface area contributed by atoms with Crippen LogP contribution in [0.2, 0.25) is 0 Å². The topological polar surface area (TPSA) is 61.4 Å². The van der Waals surface area contributed by atoms with E-state index in [1.165, 1.54) is 12.8 Å². The number of rotatable bonds is 9. The zero-order chi connectivity index (χ0) is 23.1. The van der Waals surface area contributed by atoms with Gasteiger partial charge in [-0.2, -0.15) is 0 Å². The van der Waals surface area contributed by atoms with Gasteiger partial charge in [-0.25, -0.2) is 0 Å². The minimum absolute atomic E-state index is 0.348. The predicted octanol–water partition coefficient (Wildman–Crippen LogP) is 4.87. The molecule has 1 saturated carbocycles. The molecule has 1 N–H and O–H groups in total. The summed E-state index contributed by atoms with van der Waals surface area (Å²) in [6.45, 7) is 0.584. The summed E-state index contributed by atoms with van der Waals surface area (Å²) in [5.41, 5.74) is 1.79. The molecule has 7 nitrogen and oxygen atoms in total. The summed E-state index contributed by atoms with van der Waals surface area (Å²) >= 11 is 5.88. The number of hydrogen-bond acceptors (Lipinski definition) is 6. The predicted molar refractivity (Wildman–Crippen MR) is 130 cm³/mol. The molecule has 0 amide bonds. The molecule has 0 unspecified atom stereocenters. The first-order valence-electron chi connectivity index (χ1n) is 10.6. The number of ether oxygens (including phenoxy) is 5. The molecule has 0 bridgehead atoms. The largest absolute Gasteiger partial charge is 0.497 e. The van der Waals surface area contributed by atoms with Crippen molar-refractivity contribution in [2.24, 2.45) is 0 Å². The van der Waals surface area contributed by atoms with E-state index < -0.39 is 0 Å². The second kappa shape index (κ2) is 11.1. The van der Waals surface area contributed by atoms with Gasteiger partial charge in [0, 0.05) is 42.0 Å². The molecule has 0 aliphatic heterocycles. The summed E-state index contributed by atoms with van der Waals surface area (Å²) < 4.78 is 27.5. The van der Waals surface area contributed by atoms with Crippen molar-refractivity contribution in [3.05, 3.63) is 35.9 Å². The van der Waals surface area contributed by atoms with Gasteiger partial charge in [0.05, 0.1) is 35.5 Å². The van der Waals surface area contributed by atoms with E-state index in [1.54, 1.807) is 35.5 Å². The van der Waals surface area contributed by atoms with Crippen molar-refractivity contribution in [1.82, 2.24) is 4.90 Å². The maximum absolute atomic E-state index is 5.88. The minimum Gasteiger partial charge on any atom is -0.497 e. The van der Waals surface area contributed by atoms with Gasteiger partial charge in [-0.3, -0.25) is 0 Å². The standard InChI is InChI=1S/C24H32N2O5S/c1-27-19-12-17(13-20(14-19)28-2)25-24(32)26(18-8-6-7-9-18)15-16-10-11-21(29-3)23(31-5)22(16)30-4/h10-14,18H,6-9,15H2,1-5H3,(H,25,32). The molecule has 0 spiro atoms. The summed E-state index contributed by atoms with van der Waals surface area (Å²) in [4.78, 5) is 2.23. The minimum atomic E-state index is 0.348. The van der Waals surface area contributed by atoms with Gasteiger partial charge in [0.2, 0.25) is 5.75 Å². The Hall–Kier alpha value is -2.87. The number of anilines is 1. The first-order chi connectivity index (χ1) is 15.5. The van der Waals surface area contributed by atoms with Gasteiger partial charge in [-0.15, -0.1) is 0 Å². The third kappa shape index (κ3) is 5.30. The molecule has 0 heterocycles. The third-order valence-corrected chi connectivity index (χ3v) is 6.09. The molecule has 8 heteroatoms. The zero-order valence-electron chi connectivity index (χ0n) is 19.4. The van der Waals surface area contributed by atoms with Crippen LogP contribution < -0.4 is 29.0 Å². The fourth-order valence-corrected chi connectivity index (χ4v) is 4.46. The van der Waals surface area contributed by atoms with Crippen LogP contribution in [0.5, 0.6) is 28.7 Å². The lowest BCUT2D eigenvalue weighted by molar-refractivity contribution is 0.295. The van der Waals surface area contributed by atoms with Crippen LogP contribution in [0.25, 0.3) is 0 Å². The van der Waals surface area contributed by atoms with Crippen LogP contribution in [-0.2, 0) is 6.54 Å². The zero-order valence-corrected chi connectivity index (χ0v) is 20.2. The van der Waals surface area contributed by atoms with E-state index in [2.05, 4.69) is 10.2 Å². The number of hydrogen-bond donors (Lipinski definition) is 1. The number of benzene rings is 2. The highest BCUT2D eigenvalue weighted by Crippen LogP contribution is 2.41. The van der Waals surface area contributed by atoms with E-state index in [0.29, 0.717) is 46.4 Å². The van der Waals surface area contributed by atoms with Crippen LogP contribution >= 0.6 is 12.2 Å². The van der Waals surface area contributed by atoms with Crippen LogP contribution in [0.15, 0.2) is 30.3 Å². The van der Waals surface area contributed by atoms with Crippen molar-refractivity contribution in [1.29, 1.82) is 0 Å². The molecular weight excluding hydrogens is 428 g/mol. The highest BCUT2D eigenvalue weighted by Gasteiger charge is 2.27.